The highest BCUT2D eigenvalue weighted by molar-refractivity contribution is 7.99. The van der Waals surface area contributed by atoms with Gasteiger partial charge in [0.1, 0.15) is 11.0 Å². The number of benzene rings is 1. The predicted octanol–water partition coefficient (Wildman–Crippen LogP) is 3.30. The maximum absolute atomic E-state index is 11.5. The number of carbonyl (C=O) groups is 1. The summed E-state index contributed by atoms with van der Waals surface area (Å²) in [5.74, 6) is 5.93. The summed E-state index contributed by atoms with van der Waals surface area (Å²) in [7, 11) is 0. The Morgan fingerprint density at radius 3 is 2.86 bits per heavy atom. The standard InChI is InChI=1S/C18H23NO2S/c1-5-12-18(3,19-13(2)20)17(22-4)21-16-11-10-14-8-6-7-9-15(14)16/h6-9,16-17H,10-11H2,1-4H3,(H,19,20). The van der Waals surface area contributed by atoms with Crippen LogP contribution in [0.25, 0.3) is 0 Å². The van der Waals surface area contributed by atoms with Crippen LogP contribution in [0.15, 0.2) is 24.3 Å². The first-order chi connectivity index (χ1) is 10.5. The summed E-state index contributed by atoms with van der Waals surface area (Å²) < 4.78 is 6.35. The molecule has 3 nitrogen and oxygen atoms in total. The molecule has 3 atom stereocenters. The van der Waals surface area contributed by atoms with Crippen molar-refractivity contribution in [2.45, 2.75) is 50.7 Å². The van der Waals surface area contributed by atoms with Gasteiger partial charge in [0.25, 0.3) is 0 Å². The van der Waals surface area contributed by atoms with Gasteiger partial charge in [-0.2, -0.15) is 0 Å². The molecule has 1 aromatic rings. The summed E-state index contributed by atoms with van der Waals surface area (Å²) in [5.41, 5.74) is 1.70. The van der Waals surface area contributed by atoms with Gasteiger partial charge in [-0.05, 0) is 44.1 Å². The molecule has 22 heavy (non-hydrogen) atoms. The van der Waals surface area contributed by atoms with Crippen LogP contribution in [0.1, 0.15) is 44.4 Å². The molecule has 1 aliphatic rings. The summed E-state index contributed by atoms with van der Waals surface area (Å²) in [5, 5.41) is 2.95. The van der Waals surface area contributed by atoms with E-state index in [9.17, 15) is 4.79 Å². The Morgan fingerprint density at radius 2 is 2.23 bits per heavy atom. The molecule has 0 aliphatic heterocycles. The zero-order valence-electron chi connectivity index (χ0n) is 13.6. The zero-order chi connectivity index (χ0) is 16.2. The van der Waals surface area contributed by atoms with Crippen LogP contribution in [-0.4, -0.2) is 23.1 Å². The molecule has 118 valence electrons. The van der Waals surface area contributed by atoms with Crippen molar-refractivity contribution in [2.24, 2.45) is 0 Å². The van der Waals surface area contributed by atoms with Crippen molar-refractivity contribution < 1.29 is 9.53 Å². The number of ether oxygens (including phenoxy) is 1. The Kier molecular flexibility index (Phi) is 5.55. The summed E-state index contributed by atoms with van der Waals surface area (Å²) in [4.78, 5) is 11.5. The number of rotatable bonds is 5. The normalized spacial score (nSPS) is 20.3. The van der Waals surface area contributed by atoms with Crippen molar-refractivity contribution in [3.05, 3.63) is 35.4 Å². The number of amides is 1. The highest BCUT2D eigenvalue weighted by Crippen LogP contribution is 2.38. The molecule has 2 rings (SSSR count). The van der Waals surface area contributed by atoms with Crippen molar-refractivity contribution in [3.8, 4) is 11.8 Å². The molecular weight excluding hydrogens is 294 g/mol. The van der Waals surface area contributed by atoms with E-state index in [2.05, 4.69) is 35.4 Å². The number of thioether (sulfide) groups is 1. The Balaban J connectivity index is 2.21. The Bertz CT molecular complexity index is 605. The Labute approximate surface area is 137 Å². The van der Waals surface area contributed by atoms with E-state index in [0.717, 1.165) is 12.8 Å². The molecule has 1 N–H and O–H groups in total. The van der Waals surface area contributed by atoms with Gasteiger partial charge in [0.05, 0.1) is 6.10 Å². The molecule has 0 fully saturated rings. The fourth-order valence-electron chi connectivity index (χ4n) is 3.01. The van der Waals surface area contributed by atoms with E-state index in [1.165, 1.54) is 18.1 Å². The van der Waals surface area contributed by atoms with Crippen LogP contribution in [0.4, 0.5) is 0 Å². The first-order valence-electron chi connectivity index (χ1n) is 7.49. The minimum absolute atomic E-state index is 0.0698. The van der Waals surface area contributed by atoms with Gasteiger partial charge in [-0.25, -0.2) is 0 Å². The summed E-state index contributed by atoms with van der Waals surface area (Å²) >= 11 is 1.58. The lowest BCUT2D eigenvalue weighted by molar-refractivity contribution is -0.121. The van der Waals surface area contributed by atoms with Crippen LogP contribution in [0.5, 0.6) is 0 Å². The molecule has 0 saturated heterocycles. The third-order valence-electron chi connectivity index (χ3n) is 3.87. The van der Waals surface area contributed by atoms with Gasteiger partial charge in [0.15, 0.2) is 0 Å². The van der Waals surface area contributed by atoms with E-state index in [1.54, 1.807) is 18.7 Å². The third kappa shape index (κ3) is 3.66. The van der Waals surface area contributed by atoms with Gasteiger partial charge in [0, 0.05) is 6.92 Å². The second-order valence-electron chi connectivity index (χ2n) is 5.69. The number of aryl methyl sites for hydroxylation is 1. The minimum Gasteiger partial charge on any atom is -0.356 e. The molecule has 1 aromatic carbocycles. The van der Waals surface area contributed by atoms with Crippen molar-refractivity contribution in [1.82, 2.24) is 5.32 Å². The molecule has 4 heteroatoms. The van der Waals surface area contributed by atoms with Gasteiger partial charge < -0.3 is 10.1 Å². The van der Waals surface area contributed by atoms with Crippen LogP contribution in [0, 0.1) is 11.8 Å². The number of fused-ring (bicyclic) bond motifs is 1. The predicted molar refractivity (Wildman–Crippen MR) is 91.6 cm³/mol. The van der Waals surface area contributed by atoms with Crippen molar-refractivity contribution in [1.29, 1.82) is 0 Å². The van der Waals surface area contributed by atoms with E-state index < -0.39 is 5.54 Å². The monoisotopic (exact) mass is 317 g/mol. The van der Waals surface area contributed by atoms with Gasteiger partial charge in [-0.1, -0.05) is 30.2 Å². The van der Waals surface area contributed by atoms with Crippen LogP contribution in [0.3, 0.4) is 0 Å². The SMILES string of the molecule is CC#CC(C)(NC(C)=O)C(OC1CCc2ccccc21)SC. The molecule has 0 heterocycles. The fraction of sp³-hybridized carbons (Fsp3) is 0.500. The number of carbonyl (C=O) groups excluding carboxylic acids is 1. The van der Waals surface area contributed by atoms with Crippen LogP contribution in [-0.2, 0) is 16.0 Å². The topological polar surface area (TPSA) is 38.3 Å². The first-order valence-corrected chi connectivity index (χ1v) is 8.77. The average molecular weight is 317 g/mol. The minimum atomic E-state index is -0.697. The molecule has 0 aromatic heterocycles. The maximum Gasteiger partial charge on any atom is 0.218 e. The van der Waals surface area contributed by atoms with Crippen LogP contribution in [0.2, 0.25) is 0 Å². The Morgan fingerprint density at radius 1 is 1.50 bits per heavy atom. The molecule has 1 amide bonds. The Hall–Kier alpha value is -1.44. The molecule has 3 unspecified atom stereocenters. The van der Waals surface area contributed by atoms with E-state index in [0.29, 0.717) is 0 Å². The molecule has 0 saturated carbocycles. The van der Waals surface area contributed by atoms with Gasteiger partial charge in [-0.3, -0.25) is 4.79 Å². The first kappa shape index (κ1) is 16.9. The number of hydrogen-bond acceptors (Lipinski definition) is 3. The van der Waals surface area contributed by atoms with Gasteiger partial charge in [-0.15, -0.1) is 17.7 Å². The van der Waals surface area contributed by atoms with Crippen molar-refractivity contribution in [2.75, 3.05) is 6.26 Å². The molecule has 0 bridgehead atoms. The van der Waals surface area contributed by atoms with E-state index in [-0.39, 0.29) is 17.4 Å². The number of nitrogens with one attached hydrogen (secondary N) is 1. The third-order valence-corrected chi connectivity index (χ3v) is 4.88. The largest absolute Gasteiger partial charge is 0.356 e. The van der Waals surface area contributed by atoms with E-state index in [4.69, 9.17) is 4.74 Å². The lowest BCUT2D eigenvalue weighted by Gasteiger charge is -2.34. The second kappa shape index (κ2) is 7.21. The molecule has 1 aliphatic carbocycles. The lowest BCUT2D eigenvalue weighted by Crippen LogP contribution is -2.52. The molecule has 0 radical (unpaired) electrons. The second-order valence-corrected chi connectivity index (χ2v) is 6.59. The molecule has 0 spiro atoms. The highest BCUT2D eigenvalue weighted by atomic mass is 32.2. The quantitative estimate of drug-likeness (QED) is 0.669. The average Bonchev–Trinajstić information content (AvgIpc) is 2.87. The van der Waals surface area contributed by atoms with Crippen molar-refractivity contribution in [3.63, 3.8) is 0 Å². The summed E-state index contributed by atoms with van der Waals surface area (Å²) in [6, 6.07) is 8.40. The van der Waals surface area contributed by atoms with Gasteiger partial charge in [0.2, 0.25) is 5.91 Å². The summed E-state index contributed by atoms with van der Waals surface area (Å²) in [6.45, 7) is 5.22. The van der Waals surface area contributed by atoms with Gasteiger partial charge >= 0.3 is 0 Å². The smallest absolute Gasteiger partial charge is 0.218 e. The molecular formula is C18H23NO2S. The van der Waals surface area contributed by atoms with E-state index >= 15 is 0 Å². The van der Waals surface area contributed by atoms with Crippen LogP contribution >= 0.6 is 11.8 Å². The van der Waals surface area contributed by atoms with E-state index in [1.807, 2.05) is 19.2 Å². The highest BCUT2D eigenvalue weighted by Gasteiger charge is 2.37. The zero-order valence-corrected chi connectivity index (χ0v) is 14.4. The lowest BCUT2D eigenvalue weighted by atomic mass is 10.0. The van der Waals surface area contributed by atoms with Crippen LogP contribution < -0.4 is 5.32 Å². The number of hydrogen-bond donors (Lipinski definition) is 1. The summed E-state index contributed by atoms with van der Waals surface area (Å²) in [6.07, 6.45) is 4.08. The fourth-order valence-corrected chi connectivity index (χ4v) is 3.84. The maximum atomic E-state index is 11.5. The van der Waals surface area contributed by atoms with Crippen molar-refractivity contribution >= 4 is 17.7 Å².